The maximum absolute atomic E-state index is 12.8. The Bertz CT molecular complexity index is 835. The summed E-state index contributed by atoms with van der Waals surface area (Å²) in [5.41, 5.74) is 1.13. The molecule has 0 atom stereocenters. The van der Waals surface area contributed by atoms with Gasteiger partial charge in [0.2, 0.25) is 0 Å². The van der Waals surface area contributed by atoms with E-state index in [0.29, 0.717) is 10.7 Å². The molecule has 0 bridgehead atoms. The highest BCUT2D eigenvalue weighted by molar-refractivity contribution is 7.92. The van der Waals surface area contributed by atoms with Crippen LogP contribution >= 0.6 is 11.6 Å². The summed E-state index contributed by atoms with van der Waals surface area (Å²) < 4.78 is 26.7. The van der Waals surface area contributed by atoms with E-state index in [1.165, 1.54) is 28.6 Å². The number of anilines is 1. The predicted octanol–water partition coefficient (Wildman–Crippen LogP) is 3.77. The first-order valence-corrected chi connectivity index (χ1v) is 8.62. The molecule has 122 valence electrons. The van der Waals surface area contributed by atoms with Crippen molar-refractivity contribution in [2.45, 2.75) is 18.7 Å². The molecule has 0 aliphatic rings. The zero-order chi connectivity index (χ0) is 17.2. The number of nitrogens with zero attached hydrogens (tertiary/aromatic N) is 2. The lowest BCUT2D eigenvalue weighted by atomic mass is 10.2. The maximum atomic E-state index is 12.8. The molecule has 23 heavy (non-hydrogen) atoms. The molecule has 0 N–H and O–H groups in total. The minimum Gasteiger partial charge on any atom is -0.267 e. The van der Waals surface area contributed by atoms with Crippen molar-refractivity contribution in [1.29, 1.82) is 0 Å². The molecule has 2 aromatic rings. The smallest absolute Gasteiger partial charge is 0.267 e. The lowest BCUT2D eigenvalue weighted by Gasteiger charge is -2.23. The maximum Gasteiger partial charge on any atom is 0.269 e. The fourth-order valence-corrected chi connectivity index (χ4v) is 3.74. The number of hydrogen-bond acceptors (Lipinski definition) is 4. The third-order valence-electron chi connectivity index (χ3n) is 3.37. The average Bonchev–Trinajstić information content (AvgIpc) is 2.51. The first-order valence-electron chi connectivity index (χ1n) is 6.80. The van der Waals surface area contributed by atoms with E-state index in [2.05, 4.69) is 0 Å². The van der Waals surface area contributed by atoms with Crippen LogP contribution in [-0.2, 0) is 10.0 Å². The highest BCUT2D eigenvalue weighted by atomic mass is 35.5. The van der Waals surface area contributed by atoms with Gasteiger partial charge in [0.15, 0.2) is 0 Å². The summed E-state index contributed by atoms with van der Waals surface area (Å²) in [6.07, 6.45) is 0. The molecular formula is C15H15ClN2O4S. The van der Waals surface area contributed by atoms with Crippen LogP contribution in [0, 0.1) is 17.0 Å². The number of nitro groups is 1. The highest BCUT2D eigenvalue weighted by Gasteiger charge is 2.24. The Morgan fingerprint density at radius 2 is 1.78 bits per heavy atom. The fourth-order valence-electron chi connectivity index (χ4n) is 2.10. The average molecular weight is 355 g/mol. The van der Waals surface area contributed by atoms with Crippen LogP contribution < -0.4 is 4.31 Å². The Morgan fingerprint density at radius 3 is 2.26 bits per heavy atom. The van der Waals surface area contributed by atoms with Gasteiger partial charge >= 0.3 is 0 Å². The summed E-state index contributed by atoms with van der Waals surface area (Å²) in [5, 5.41) is 11.1. The second-order valence-electron chi connectivity index (χ2n) is 4.85. The van der Waals surface area contributed by atoms with Crippen molar-refractivity contribution in [3.05, 3.63) is 63.2 Å². The molecule has 0 aliphatic heterocycles. The summed E-state index contributed by atoms with van der Waals surface area (Å²) in [6, 6.07) is 9.80. The lowest BCUT2D eigenvalue weighted by molar-refractivity contribution is -0.384. The minimum absolute atomic E-state index is 0.0124. The number of rotatable bonds is 5. The van der Waals surface area contributed by atoms with Crippen molar-refractivity contribution in [3.63, 3.8) is 0 Å². The van der Waals surface area contributed by atoms with E-state index in [1.807, 2.05) is 6.92 Å². The first-order chi connectivity index (χ1) is 10.8. The van der Waals surface area contributed by atoms with Gasteiger partial charge in [0.05, 0.1) is 15.5 Å². The molecule has 8 heteroatoms. The molecule has 0 amide bonds. The standard InChI is InChI=1S/C15H15ClN2O4S/c1-3-17(13-5-4-11(2)15(16)10-13)23(21,22)14-8-6-12(7-9-14)18(19)20/h4-10H,3H2,1-2H3. The van der Waals surface area contributed by atoms with Gasteiger partial charge in [0, 0.05) is 23.7 Å². The van der Waals surface area contributed by atoms with Gasteiger partial charge in [-0.3, -0.25) is 14.4 Å². The zero-order valence-electron chi connectivity index (χ0n) is 12.6. The first kappa shape index (κ1) is 17.2. The molecule has 6 nitrogen and oxygen atoms in total. The molecule has 2 aromatic carbocycles. The molecule has 0 aliphatic carbocycles. The van der Waals surface area contributed by atoms with Crippen LogP contribution in [0.3, 0.4) is 0 Å². The third kappa shape index (κ3) is 3.46. The summed E-state index contributed by atoms with van der Waals surface area (Å²) >= 11 is 6.07. The van der Waals surface area contributed by atoms with Gasteiger partial charge < -0.3 is 0 Å². The lowest BCUT2D eigenvalue weighted by Crippen LogP contribution is -2.30. The Balaban J connectivity index is 2.46. The second kappa shape index (κ2) is 6.55. The minimum atomic E-state index is -3.82. The Morgan fingerprint density at radius 1 is 1.17 bits per heavy atom. The van der Waals surface area contributed by atoms with E-state index >= 15 is 0 Å². The van der Waals surface area contributed by atoms with Crippen LogP contribution in [0.15, 0.2) is 47.4 Å². The molecule has 0 unspecified atom stereocenters. The van der Waals surface area contributed by atoms with Gasteiger partial charge in [-0.25, -0.2) is 8.42 Å². The number of aryl methyl sites for hydroxylation is 1. The second-order valence-corrected chi connectivity index (χ2v) is 7.12. The van der Waals surface area contributed by atoms with Gasteiger partial charge in [0.1, 0.15) is 0 Å². The normalized spacial score (nSPS) is 11.3. The molecule has 0 radical (unpaired) electrons. The van der Waals surface area contributed by atoms with Gasteiger partial charge in [-0.15, -0.1) is 0 Å². The topological polar surface area (TPSA) is 80.5 Å². The van der Waals surface area contributed by atoms with Crippen LogP contribution in [0.1, 0.15) is 12.5 Å². The Hall–Kier alpha value is -2.12. The quantitative estimate of drug-likeness (QED) is 0.604. The van der Waals surface area contributed by atoms with E-state index in [1.54, 1.807) is 25.1 Å². The monoisotopic (exact) mass is 354 g/mol. The van der Waals surface area contributed by atoms with Crippen LogP contribution in [0.5, 0.6) is 0 Å². The fraction of sp³-hybridized carbons (Fsp3) is 0.200. The van der Waals surface area contributed by atoms with Gasteiger partial charge in [-0.2, -0.15) is 0 Å². The molecule has 0 saturated heterocycles. The van der Waals surface area contributed by atoms with Crippen LogP contribution in [0.4, 0.5) is 11.4 Å². The molecule has 0 heterocycles. The SMILES string of the molecule is CCN(c1ccc(C)c(Cl)c1)S(=O)(=O)c1ccc([N+](=O)[O-])cc1. The molecule has 2 rings (SSSR count). The molecule has 0 aromatic heterocycles. The van der Waals surface area contributed by atoms with Crippen LogP contribution in [-0.4, -0.2) is 19.9 Å². The van der Waals surface area contributed by atoms with Crippen molar-refractivity contribution >= 4 is 33.0 Å². The number of nitro benzene ring substituents is 1. The molecular weight excluding hydrogens is 340 g/mol. The van der Waals surface area contributed by atoms with Gasteiger partial charge in [-0.1, -0.05) is 17.7 Å². The van der Waals surface area contributed by atoms with E-state index in [9.17, 15) is 18.5 Å². The van der Waals surface area contributed by atoms with Crippen molar-refractivity contribution in [2.75, 3.05) is 10.8 Å². The molecule has 0 saturated carbocycles. The number of non-ortho nitro benzene ring substituents is 1. The number of sulfonamides is 1. The summed E-state index contributed by atoms with van der Waals surface area (Å²) in [6.45, 7) is 3.74. The number of benzene rings is 2. The number of hydrogen-bond donors (Lipinski definition) is 0. The highest BCUT2D eigenvalue weighted by Crippen LogP contribution is 2.28. The van der Waals surface area contributed by atoms with Gasteiger partial charge in [0.25, 0.3) is 15.7 Å². The Kier molecular flexibility index (Phi) is 4.91. The van der Waals surface area contributed by atoms with E-state index in [4.69, 9.17) is 11.6 Å². The number of halogens is 1. The van der Waals surface area contributed by atoms with Crippen LogP contribution in [0.2, 0.25) is 5.02 Å². The summed E-state index contributed by atoms with van der Waals surface area (Å²) in [5.74, 6) is 0. The predicted molar refractivity (Wildman–Crippen MR) is 89.5 cm³/mol. The molecule has 0 spiro atoms. The van der Waals surface area contributed by atoms with Crippen LogP contribution in [0.25, 0.3) is 0 Å². The van der Waals surface area contributed by atoms with E-state index in [-0.39, 0.29) is 17.1 Å². The zero-order valence-corrected chi connectivity index (χ0v) is 14.1. The van der Waals surface area contributed by atoms with E-state index < -0.39 is 14.9 Å². The molecule has 0 fully saturated rings. The van der Waals surface area contributed by atoms with E-state index in [0.717, 1.165) is 5.56 Å². The summed E-state index contributed by atoms with van der Waals surface area (Å²) in [7, 11) is -3.82. The van der Waals surface area contributed by atoms with Crippen molar-refractivity contribution < 1.29 is 13.3 Å². The largest absolute Gasteiger partial charge is 0.269 e. The van der Waals surface area contributed by atoms with Crippen molar-refractivity contribution in [3.8, 4) is 0 Å². The van der Waals surface area contributed by atoms with Crippen molar-refractivity contribution in [2.24, 2.45) is 0 Å². The summed E-state index contributed by atoms with van der Waals surface area (Å²) in [4.78, 5) is 10.1. The van der Waals surface area contributed by atoms with Gasteiger partial charge in [-0.05, 0) is 43.7 Å². The Labute approximate surface area is 139 Å². The third-order valence-corrected chi connectivity index (χ3v) is 5.69. The van der Waals surface area contributed by atoms with Crippen molar-refractivity contribution in [1.82, 2.24) is 0 Å².